The van der Waals surface area contributed by atoms with E-state index in [2.05, 4.69) is 4.98 Å². The molecule has 0 unspecified atom stereocenters. The van der Waals surface area contributed by atoms with E-state index < -0.39 is 0 Å². The molecule has 0 aromatic carbocycles. The molecule has 2 N–H and O–H groups in total. The summed E-state index contributed by atoms with van der Waals surface area (Å²) in [7, 11) is 0. The zero-order valence-corrected chi connectivity index (χ0v) is 12.6. The lowest BCUT2D eigenvalue weighted by atomic mass is 10.3. The average Bonchev–Trinajstić information content (AvgIpc) is 2.81. The number of hydrogen-bond acceptors (Lipinski definition) is 5. The molecule has 0 spiro atoms. The van der Waals surface area contributed by atoms with Crippen LogP contribution in [0.5, 0.6) is 0 Å². The van der Waals surface area contributed by atoms with Gasteiger partial charge in [0.25, 0.3) is 5.91 Å². The van der Waals surface area contributed by atoms with E-state index >= 15 is 0 Å². The molecule has 0 bridgehead atoms. The number of nitrogens with zero attached hydrogens (tertiary/aromatic N) is 2. The van der Waals surface area contributed by atoms with E-state index in [0.29, 0.717) is 42.4 Å². The zero-order valence-electron chi connectivity index (χ0n) is 11.8. The number of nitrogens with two attached hydrogens (primary N) is 1. The molecule has 0 aliphatic heterocycles. The Morgan fingerprint density at radius 3 is 2.95 bits per heavy atom. The van der Waals surface area contributed by atoms with Gasteiger partial charge in [-0.15, -0.1) is 11.3 Å². The van der Waals surface area contributed by atoms with Gasteiger partial charge in [-0.2, -0.15) is 0 Å². The number of fused-ring (bicyclic) bond motifs is 1. The van der Waals surface area contributed by atoms with E-state index in [0.717, 1.165) is 4.70 Å². The van der Waals surface area contributed by atoms with Gasteiger partial charge in [-0.25, -0.2) is 0 Å². The molecule has 0 atom stereocenters. The van der Waals surface area contributed by atoms with Crippen molar-refractivity contribution in [2.24, 2.45) is 0 Å². The summed E-state index contributed by atoms with van der Waals surface area (Å²) in [6.07, 6.45) is 1.69. The van der Waals surface area contributed by atoms with Gasteiger partial charge in [-0.05, 0) is 26.0 Å². The first-order valence-electron chi connectivity index (χ1n) is 6.69. The second-order valence-electron chi connectivity index (χ2n) is 4.28. The van der Waals surface area contributed by atoms with Crippen LogP contribution < -0.4 is 5.73 Å². The molecule has 108 valence electrons. The lowest BCUT2D eigenvalue weighted by Gasteiger charge is -2.20. The molecule has 2 aromatic rings. The third-order valence-electron chi connectivity index (χ3n) is 3.06. The van der Waals surface area contributed by atoms with Crippen LogP contribution in [0.3, 0.4) is 0 Å². The Bertz CT molecular complexity index is 597. The minimum absolute atomic E-state index is 0.0484. The average molecular weight is 293 g/mol. The second-order valence-corrected chi connectivity index (χ2v) is 5.33. The Morgan fingerprint density at radius 2 is 2.30 bits per heavy atom. The molecular formula is C14H19N3O2S. The zero-order chi connectivity index (χ0) is 14.5. The van der Waals surface area contributed by atoms with E-state index in [1.54, 1.807) is 11.1 Å². The number of ether oxygens (including phenoxy) is 1. The molecule has 0 aliphatic carbocycles. The van der Waals surface area contributed by atoms with Crippen molar-refractivity contribution in [1.82, 2.24) is 9.88 Å². The maximum atomic E-state index is 12.5. The first-order valence-corrected chi connectivity index (χ1v) is 7.50. The summed E-state index contributed by atoms with van der Waals surface area (Å²) in [6.45, 7) is 6.29. The summed E-state index contributed by atoms with van der Waals surface area (Å²) in [5.74, 6) is -0.0484. The Balaban J connectivity index is 2.23. The molecule has 5 nitrogen and oxygen atoms in total. The molecule has 2 heterocycles. The second kappa shape index (κ2) is 6.67. The van der Waals surface area contributed by atoms with Crippen molar-refractivity contribution < 1.29 is 9.53 Å². The molecule has 0 saturated carbocycles. The van der Waals surface area contributed by atoms with Gasteiger partial charge in [0.05, 0.1) is 17.0 Å². The Labute approximate surface area is 122 Å². The lowest BCUT2D eigenvalue weighted by Crippen LogP contribution is -2.33. The van der Waals surface area contributed by atoms with Crippen LogP contribution in [0.2, 0.25) is 0 Å². The predicted molar refractivity (Wildman–Crippen MR) is 82.1 cm³/mol. The Hall–Kier alpha value is -1.66. The van der Waals surface area contributed by atoms with Gasteiger partial charge < -0.3 is 15.4 Å². The molecule has 2 aromatic heterocycles. The van der Waals surface area contributed by atoms with Crippen molar-refractivity contribution in [3.05, 3.63) is 23.2 Å². The van der Waals surface area contributed by atoms with Crippen LogP contribution in [0, 0.1) is 0 Å². The number of amides is 1. The van der Waals surface area contributed by atoms with Crippen LogP contribution in [-0.2, 0) is 4.74 Å². The fourth-order valence-electron chi connectivity index (χ4n) is 1.97. The quantitative estimate of drug-likeness (QED) is 0.830. The van der Waals surface area contributed by atoms with E-state index in [-0.39, 0.29) is 5.91 Å². The van der Waals surface area contributed by atoms with Crippen LogP contribution in [0.15, 0.2) is 18.3 Å². The largest absolute Gasteiger partial charge is 0.396 e. The van der Waals surface area contributed by atoms with Crippen LogP contribution in [0.4, 0.5) is 5.69 Å². The van der Waals surface area contributed by atoms with Crippen molar-refractivity contribution in [3.63, 3.8) is 0 Å². The highest BCUT2D eigenvalue weighted by molar-refractivity contribution is 7.21. The number of thiophene rings is 1. The SMILES string of the molecule is CCOCCN(CC)C(=O)c1sc2cccnc2c1N. The van der Waals surface area contributed by atoms with Crippen molar-refractivity contribution in [3.8, 4) is 0 Å². The van der Waals surface area contributed by atoms with Gasteiger partial charge in [0, 0.05) is 25.9 Å². The number of anilines is 1. The summed E-state index contributed by atoms with van der Waals surface area (Å²) in [5, 5.41) is 0. The lowest BCUT2D eigenvalue weighted by molar-refractivity contribution is 0.0674. The van der Waals surface area contributed by atoms with E-state index in [9.17, 15) is 4.79 Å². The summed E-state index contributed by atoms with van der Waals surface area (Å²) in [5.41, 5.74) is 7.24. The Morgan fingerprint density at radius 1 is 1.50 bits per heavy atom. The van der Waals surface area contributed by atoms with Crippen LogP contribution in [0.1, 0.15) is 23.5 Å². The number of carbonyl (C=O) groups is 1. The molecule has 1 amide bonds. The highest BCUT2D eigenvalue weighted by Crippen LogP contribution is 2.32. The number of hydrogen-bond donors (Lipinski definition) is 1. The summed E-state index contributed by atoms with van der Waals surface area (Å²) in [4.78, 5) is 19.1. The summed E-state index contributed by atoms with van der Waals surface area (Å²) >= 11 is 1.40. The monoisotopic (exact) mass is 293 g/mol. The normalized spacial score (nSPS) is 10.9. The van der Waals surface area contributed by atoms with Crippen molar-refractivity contribution >= 4 is 33.1 Å². The number of rotatable bonds is 6. The van der Waals surface area contributed by atoms with E-state index in [1.807, 2.05) is 26.0 Å². The molecule has 0 aliphatic rings. The van der Waals surface area contributed by atoms with Crippen molar-refractivity contribution in [1.29, 1.82) is 0 Å². The Kier molecular flexibility index (Phi) is 4.92. The van der Waals surface area contributed by atoms with Crippen LogP contribution in [0.25, 0.3) is 10.2 Å². The van der Waals surface area contributed by atoms with Gasteiger partial charge >= 0.3 is 0 Å². The van der Waals surface area contributed by atoms with Gasteiger partial charge in [0.1, 0.15) is 10.4 Å². The number of likely N-dealkylation sites (N-methyl/N-ethyl adjacent to an activating group) is 1. The standard InChI is InChI=1S/C14H19N3O2S/c1-3-17(8-9-19-4-2)14(18)13-11(15)12-10(20-13)6-5-7-16-12/h5-7H,3-4,8-9,15H2,1-2H3. The maximum Gasteiger partial charge on any atom is 0.266 e. The predicted octanol–water partition coefficient (Wildman–Crippen LogP) is 2.38. The van der Waals surface area contributed by atoms with E-state index in [4.69, 9.17) is 10.5 Å². The molecule has 6 heteroatoms. The summed E-state index contributed by atoms with van der Waals surface area (Å²) in [6, 6.07) is 3.77. The van der Waals surface area contributed by atoms with Crippen LogP contribution >= 0.6 is 11.3 Å². The molecule has 0 radical (unpaired) electrons. The first-order chi connectivity index (χ1) is 9.69. The number of carbonyl (C=O) groups excluding carboxylic acids is 1. The topological polar surface area (TPSA) is 68.5 Å². The number of nitrogen functional groups attached to an aromatic ring is 1. The van der Waals surface area contributed by atoms with Gasteiger partial charge in [0.2, 0.25) is 0 Å². The highest BCUT2D eigenvalue weighted by atomic mass is 32.1. The molecular weight excluding hydrogens is 274 g/mol. The molecule has 20 heavy (non-hydrogen) atoms. The van der Waals surface area contributed by atoms with Gasteiger partial charge in [-0.1, -0.05) is 0 Å². The van der Waals surface area contributed by atoms with Gasteiger partial charge in [0.15, 0.2) is 0 Å². The number of aromatic nitrogens is 1. The first kappa shape index (κ1) is 14.7. The number of pyridine rings is 1. The fourth-order valence-corrected chi connectivity index (χ4v) is 3.02. The maximum absolute atomic E-state index is 12.5. The van der Waals surface area contributed by atoms with Crippen molar-refractivity contribution in [2.45, 2.75) is 13.8 Å². The fraction of sp³-hybridized carbons (Fsp3) is 0.429. The molecule has 2 rings (SSSR count). The molecule has 0 fully saturated rings. The smallest absolute Gasteiger partial charge is 0.266 e. The van der Waals surface area contributed by atoms with Crippen molar-refractivity contribution in [2.75, 3.05) is 32.0 Å². The minimum Gasteiger partial charge on any atom is -0.396 e. The minimum atomic E-state index is -0.0484. The third-order valence-corrected chi connectivity index (χ3v) is 4.20. The molecule has 0 saturated heterocycles. The van der Waals surface area contributed by atoms with E-state index in [1.165, 1.54) is 11.3 Å². The van der Waals surface area contributed by atoms with Gasteiger partial charge in [-0.3, -0.25) is 9.78 Å². The summed E-state index contributed by atoms with van der Waals surface area (Å²) < 4.78 is 6.25. The van der Waals surface area contributed by atoms with Crippen LogP contribution in [-0.4, -0.2) is 42.1 Å². The highest BCUT2D eigenvalue weighted by Gasteiger charge is 2.21. The third kappa shape index (κ3) is 2.91.